The Kier molecular flexibility index (Phi) is 5.36. The Balaban J connectivity index is 2.08. The first-order valence-electron chi connectivity index (χ1n) is 7.40. The van der Waals surface area contributed by atoms with E-state index in [1.807, 2.05) is 11.8 Å². The Morgan fingerprint density at radius 2 is 2.05 bits per heavy atom. The Bertz CT molecular complexity index is 615. The van der Waals surface area contributed by atoms with Gasteiger partial charge in [-0.15, -0.1) is 0 Å². The maximum atomic E-state index is 11.8. The molecule has 1 N–H and O–H groups in total. The van der Waals surface area contributed by atoms with Crippen LogP contribution < -0.4 is 9.62 Å². The van der Waals surface area contributed by atoms with Crippen LogP contribution in [0.2, 0.25) is 0 Å². The molecule has 0 bridgehead atoms. The number of hydrogen-bond donors (Lipinski definition) is 1. The highest BCUT2D eigenvalue weighted by atomic mass is 32.2. The van der Waals surface area contributed by atoms with E-state index in [-0.39, 0.29) is 10.8 Å². The van der Waals surface area contributed by atoms with Gasteiger partial charge >= 0.3 is 0 Å². The van der Waals surface area contributed by atoms with Crippen molar-refractivity contribution in [3.8, 4) is 0 Å². The van der Waals surface area contributed by atoms with Crippen molar-refractivity contribution in [2.45, 2.75) is 24.7 Å². The minimum atomic E-state index is -3.46. The lowest BCUT2D eigenvalue weighted by molar-refractivity contribution is -0.130. The topological polar surface area (TPSA) is 82.6 Å². The Labute approximate surface area is 131 Å². The fourth-order valence-electron chi connectivity index (χ4n) is 2.46. The predicted molar refractivity (Wildman–Crippen MR) is 84.2 cm³/mol. The molecule has 0 unspecified atom stereocenters. The van der Waals surface area contributed by atoms with E-state index in [9.17, 15) is 13.2 Å². The molecule has 1 saturated heterocycles. The molecule has 122 valence electrons. The van der Waals surface area contributed by atoms with Gasteiger partial charge in [0.25, 0.3) is 0 Å². The molecule has 0 spiro atoms. The van der Waals surface area contributed by atoms with E-state index in [1.165, 1.54) is 13.2 Å². The molecule has 22 heavy (non-hydrogen) atoms. The molecule has 1 fully saturated rings. The number of nitrogens with zero attached hydrogens (tertiary/aromatic N) is 3. The molecule has 1 amide bonds. The zero-order valence-corrected chi connectivity index (χ0v) is 13.8. The van der Waals surface area contributed by atoms with Gasteiger partial charge in [0, 0.05) is 38.8 Å². The van der Waals surface area contributed by atoms with Crippen molar-refractivity contribution >= 4 is 21.7 Å². The average molecular weight is 326 g/mol. The predicted octanol–water partition coefficient (Wildman–Crippen LogP) is 0.438. The lowest BCUT2D eigenvalue weighted by Crippen LogP contribution is -2.34. The van der Waals surface area contributed by atoms with Crippen molar-refractivity contribution in [3.05, 3.63) is 18.3 Å². The van der Waals surface area contributed by atoms with Crippen LogP contribution in [0.15, 0.2) is 23.2 Å². The summed E-state index contributed by atoms with van der Waals surface area (Å²) in [5.74, 6) is 0.908. The number of nitrogens with one attached hydrogen (secondary N) is 1. The summed E-state index contributed by atoms with van der Waals surface area (Å²) in [5.41, 5.74) is 0. The summed E-state index contributed by atoms with van der Waals surface area (Å²) in [6.07, 6.45) is 2.76. The number of sulfonamides is 1. The second-order valence-corrected chi connectivity index (χ2v) is 7.02. The standard InChI is InChI=1S/C14H22N4O3S/c1-3-14(19)18-8-4-7-17(9-10-18)13-6-5-12(11-16-13)22(20,21)15-2/h5-6,11,15H,3-4,7-10H2,1-2H3. The molecular weight excluding hydrogens is 304 g/mol. The molecule has 0 saturated carbocycles. The molecule has 1 aromatic rings. The normalized spacial score (nSPS) is 16.5. The van der Waals surface area contributed by atoms with E-state index < -0.39 is 10.0 Å². The van der Waals surface area contributed by atoms with E-state index in [2.05, 4.69) is 14.6 Å². The Morgan fingerprint density at radius 1 is 1.27 bits per heavy atom. The third kappa shape index (κ3) is 3.75. The first-order valence-corrected chi connectivity index (χ1v) is 8.88. The van der Waals surface area contributed by atoms with Crippen LogP contribution in [0.4, 0.5) is 5.82 Å². The maximum Gasteiger partial charge on any atom is 0.241 e. The summed E-state index contributed by atoms with van der Waals surface area (Å²) in [7, 11) is -2.09. The van der Waals surface area contributed by atoms with Crippen LogP contribution in [0.3, 0.4) is 0 Å². The number of amides is 1. The van der Waals surface area contributed by atoms with Gasteiger partial charge in [0.1, 0.15) is 10.7 Å². The molecule has 8 heteroatoms. The summed E-state index contributed by atoms with van der Waals surface area (Å²) in [5, 5.41) is 0. The van der Waals surface area contributed by atoms with Gasteiger partial charge in [-0.3, -0.25) is 4.79 Å². The monoisotopic (exact) mass is 326 g/mol. The molecule has 0 atom stereocenters. The molecule has 7 nitrogen and oxygen atoms in total. The second kappa shape index (κ2) is 7.06. The van der Waals surface area contributed by atoms with E-state index >= 15 is 0 Å². The molecule has 1 aromatic heterocycles. The first-order chi connectivity index (χ1) is 10.5. The molecule has 0 aromatic carbocycles. The number of aromatic nitrogens is 1. The van der Waals surface area contributed by atoms with Crippen LogP contribution in [-0.2, 0) is 14.8 Å². The fraction of sp³-hybridized carbons (Fsp3) is 0.571. The van der Waals surface area contributed by atoms with Gasteiger partial charge in [-0.05, 0) is 25.6 Å². The third-order valence-electron chi connectivity index (χ3n) is 3.77. The van der Waals surface area contributed by atoms with Crippen LogP contribution in [-0.4, -0.2) is 57.4 Å². The van der Waals surface area contributed by atoms with Crippen molar-refractivity contribution in [3.63, 3.8) is 0 Å². The number of hydrogen-bond acceptors (Lipinski definition) is 5. The number of anilines is 1. The number of carbonyl (C=O) groups is 1. The lowest BCUT2D eigenvalue weighted by atomic mass is 10.3. The van der Waals surface area contributed by atoms with Crippen LogP contribution in [0.5, 0.6) is 0 Å². The third-order valence-corrected chi connectivity index (χ3v) is 5.17. The van der Waals surface area contributed by atoms with E-state index in [1.54, 1.807) is 12.1 Å². The highest BCUT2D eigenvalue weighted by Gasteiger charge is 2.19. The van der Waals surface area contributed by atoms with Crippen molar-refractivity contribution in [2.75, 3.05) is 38.1 Å². The van der Waals surface area contributed by atoms with Gasteiger partial charge in [-0.2, -0.15) is 0 Å². The number of pyridine rings is 1. The van der Waals surface area contributed by atoms with E-state index in [0.29, 0.717) is 19.5 Å². The largest absolute Gasteiger partial charge is 0.355 e. The van der Waals surface area contributed by atoms with Gasteiger partial charge < -0.3 is 9.80 Å². The van der Waals surface area contributed by atoms with Crippen LogP contribution in [0.25, 0.3) is 0 Å². The second-order valence-electron chi connectivity index (χ2n) is 5.13. The van der Waals surface area contributed by atoms with Gasteiger partial charge in [0.15, 0.2) is 0 Å². The van der Waals surface area contributed by atoms with Gasteiger partial charge in [-0.25, -0.2) is 18.1 Å². The van der Waals surface area contributed by atoms with Crippen molar-refractivity contribution in [1.82, 2.24) is 14.6 Å². The number of carbonyl (C=O) groups excluding carboxylic acids is 1. The molecule has 2 heterocycles. The quantitative estimate of drug-likeness (QED) is 0.868. The highest BCUT2D eigenvalue weighted by Crippen LogP contribution is 2.16. The lowest BCUT2D eigenvalue weighted by Gasteiger charge is -2.22. The zero-order valence-electron chi connectivity index (χ0n) is 12.9. The summed E-state index contributed by atoms with van der Waals surface area (Å²) >= 11 is 0. The van der Waals surface area contributed by atoms with E-state index in [0.717, 1.165) is 25.3 Å². The fourth-order valence-corrected chi connectivity index (χ4v) is 3.13. The summed E-state index contributed by atoms with van der Waals surface area (Å²) < 4.78 is 25.6. The number of rotatable bonds is 4. The molecule has 1 aliphatic heterocycles. The highest BCUT2D eigenvalue weighted by molar-refractivity contribution is 7.89. The summed E-state index contributed by atoms with van der Waals surface area (Å²) in [6.45, 7) is 4.81. The minimum Gasteiger partial charge on any atom is -0.355 e. The Morgan fingerprint density at radius 3 is 2.64 bits per heavy atom. The molecule has 0 aliphatic carbocycles. The van der Waals surface area contributed by atoms with Crippen LogP contribution >= 0.6 is 0 Å². The van der Waals surface area contributed by atoms with Crippen molar-refractivity contribution in [1.29, 1.82) is 0 Å². The maximum absolute atomic E-state index is 11.8. The SMILES string of the molecule is CCC(=O)N1CCCN(c2ccc(S(=O)(=O)NC)cn2)CC1. The van der Waals surface area contributed by atoms with Gasteiger partial charge in [-0.1, -0.05) is 6.92 Å². The van der Waals surface area contributed by atoms with Crippen molar-refractivity contribution < 1.29 is 13.2 Å². The van der Waals surface area contributed by atoms with E-state index in [4.69, 9.17) is 0 Å². The van der Waals surface area contributed by atoms with Crippen molar-refractivity contribution in [2.24, 2.45) is 0 Å². The summed E-state index contributed by atoms with van der Waals surface area (Å²) in [4.78, 5) is 20.1. The zero-order chi connectivity index (χ0) is 16.2. The van der Waals surface area contributed by atoms with Crippen LogP contribution in [0.1, 0.15) is 19.8 Å². The van der Waals surface area contributed by atoms with Gasteiger partial charge in [0.2, 0.25) is 15.9 Å². The first kappa shape index (κ1) is 16.7. The van der Waals surface area contributed by atoms with Gasteiger partial charge in [0.05, 0.1) is 0 Å². The molecule has 0 radical (unpaired) electrons. The van der Waals surface area contributed by atoms with Crippen LogP contribution in [0, 0.1) is 0 Å². The molecule has 1 aliphatic rings. The summed E-state index contributed by atoms with van der Waals surface area (Å²) in [6, 6.07) is 3.26. The molecule has 2 rings (SSSR count). The Hall–Kier alpha value is -1.67. The minimum absolute atomic E-state index is 0.149. The average Bonchev–Trinajstić information content (AvgIpc) is 2.80. The molecular formula is C14H22N4O3S. The smallest absolute Gasteiger partial charge is 0.241 e.